The average molecular weight is 361 g/mol. The normalized spacial score (nSPS) is 24.3. The van der Waals surface area contributed by atoms with Gasteiger partial charge >= 0.3 is 0 Å². The maximum Gasteiger partial charge on any atom is 0.278 e. The van der Waals surface area contributed by atoms with Crippen molar-refractivity contribution in [2.24, 2.45) is 0 Å². The van der Waals surface area contributed by atoms with Gasteiger partial charge in [-0.25, -0.2) is 0 Å². The van der Waals surface area contributed by atoms with Crippen LogP contribution in [-0.4, -0.2) is 53.5 Å². The molecule has 1 aromatic carbocycles. The molecule has 0 N–H and O–H groups in total. The van der Waals surface area contributed by atoms with E-state index in [-0.39, 0.29) is 30.6 Å². The molecule has 0 radical (unpaired) electrons. The van der Waals surface area contributed by atoms with Crippen LogP contribution in [0.1, 0.15) is 19.4 Å². The van der Waals surface area contributed by atoms with Crippen molar-refractivity contribution >= 4 is 29.0 Å². The van der Waals surface area contributed by atoms with Crippen LogP contribution in [0.3, 0.4) is 0 Å². The van der Waals surface area contributed by atoms with E-state index in [1.165, 1.54) is 4.90 Å². The first-order valence-corrected chi connectivity index (χ1v) is 8.68. The number of rotatable bonds is 4. The predicted octanol–water partition coefficient (Wildman–Crippen LogP) is 2.72. The number of halogens is 1. The van der Waals surface area contributed by atoms with Crippen LogP contribution >= 0.6 is 11.6 Å². The summed E-state index contributed by atoms with van der Waals surface area (Å²) in [6, 6.07) is 6.99. The molecule has 2 heterocycles. The molecule has 5 nitrogen and oxygen atoms in total. The molecule has 3 rings (SSSR count). The minimum absolute atomic E-state index is 0.0147. The zero-order chi connectivity index (χ0) is 18.1. The maximum absolute atomic E-state index is 13.0. The van der Waals surface area contributed by atoms with Crippen molar-refractivity contribution < 1.29 is 14.3 Å². The number of imide groups is 1. The average Bonchev–Trinajstić information content (AvgIpc) is 2.80. The van der Waals surface area contributed by atoms with Gasteiger partial charge in [0.25, 0.3) is 11.8 Å². The van der Waals surface area contributed by atoms with Crippen LogP contribution in [0.15, 0.2) is 42.6 Å². The Labute approximate surface area is 152 Å². The molecule has 2 atom stereocenters. The van der Waals surface area contributed by atoms with Gasteiger partial charge < -0.3 is 9.64 Å². The lowest BCUT2D eigenvalue weighted by Gasteiger charge is -2.37. The molecule has 0 bridgehead atoms. The van der Waals surface area contributed by atoms with Crippen molar-refractivity contribution in [1.29, 1.82) is 0 Å². The molecule has 2 aliphatic rings. The topological polar surface area (TPSA) is 49.9 Å². The lowest BCUT2D eigenvalue weighted by atomic mass is 10.0. The van der Waals surface area contributed by atoms with Crippen molar-refractivity contribution in [3.05, 3.63) is 53.2 Å². The summed E-state index contributed by atoms with van der Waals surface area (Å²) < 4.78 is 5.76. The lowest BCUT2D eigenvalue weighted by molar-refractivity contribution is -0.137. The fourth-order valence-corrected chi connectivity index (χ4v) is 3.51. The number of carbonyl (C=O) groups is 2. The summed E-state index contributed by atoms with van der Waals surface area (Å²) in [6.07, 6.45) is 1.53. The summed E-state index contributed by atoms with van der Waals surface area (Å²) in [5, 5.41) is 0.583. The van der Waals surface area contributed by atoms with E-state index in [4.69, 9.17) is 16.3 Å². The highest BCUT2D eigenvalue weighted by Crippen LogP contribution is 2.33. The number of ether oxygens (including phenoxy) is 1. The van der Waals surface area contributed by atoms with Crippen LogP contribution in [0.2, 0.25) is 5.02 Å². The Hall–Kier alpha value is -2.11. The van der Waals surface area contributed by atoms with Gasteiger partial charge in [0.1, 0.15) is 5.70 Å². The first kappa shape index (κ1) is 17.7. The van der Waals surface area contributed by atoms with Crippen molar-refractivity contribution in [3.8, 4) is 0 Å². The molecular formula is C19H21ClN2O3. The molecule has 2 amide bonds. The van der Waals surface area contributed by atoms with Crippen LogP contribution in [0.5, 0.6) is 0 Å². The van der Waals surface area contributed by atoms with Gasteiger partial charge in [0.2, 0.25) is 0 Å². The SMILES string of the molecule is C=CCN1C(=O)C(c2ccc(Cl)cc2)=C(N2CC(C)OC(C)C2)C1=O. The molecule has 132 valence electrons. The minimum Gasteiger partial charge on any atom is -0.372 e. The largest absolute Gasteiger partial charge is 0.372 e. The van der Waals surface area contributed by atoms with Crippen LogP contribution in [-0.2, 0) is 14.3 Å². The smallest absolute Gasteiger partial charge is 0.278 e. The number of amides is 2. The van der Waals surface area contributed by atoms with Crippen molar-refractivity contribution in [2.75, 3.05) is 19.6 Å². The number of morpholine rings is 1. The third kappa shape index (κ3) is 3.34. The Kier molecular flexibility index (Phi) is 4.97. The second kappa shape index (κ2) is 7.02. The standard InChI is InChI=1S/C19H21ClN2O3/c1-4-9-22-18(23)16(14-5-7-15(20)8-6-14)17(19(22)24)21-10-12(2)25-13(3)11-21/h4-8,12-13H,1,9-11H2,2-3H3. The van der Waals surface area contributed by atoms with E-state index >= 15 is 0 Å². The molecule has 2 aliphatic heterocycles. The van der Waals surface area contributed by atoms with E-state index < -0.39 is 0 Å². The molecule has 25 heavy (non-hydrogen) atoms. The second-order valence-electron chi connectivity index (χ2n) is 6.40. The fourth-order valence-electron chi connectivity index (χ4n) is 3.39. The summed E-state index contributed by atoms with van der Waals surface area (Å²) in [5.74, 6) is -0.579. The van der Waals surface area contributed by atoms with Crippen LogP contribution in [0, 0.1) is 0 Å². The van der Waals surface area contributed by atoms with Gasteiger partial charge in [0.15, 0.2) is 0 Å². The van der Waals surface area contributed by atoms with Gasteiger partial charge in [0.05, 0.1) is 17.8 Å². The Morgan fingerprint density at radius 2 is 1.76 bits per heavy atom. The van der Waals surface area contributed by atoms with Crippen molar-refractivity contribution in [3.63, 3.8) is 0 Å². The molecule has 0 spiro atoms. The number of carbonyl (C=O) groups excluding carboxylic acids is 2. The minimum atomic E-state index is -0.297. The molecule has 1 aromatic rings. The molecule has 0 aliphatic carbocycles. The molecule has 6 heteroatoms. The van der Waals surface area contributed by atoms with Crippen LogP contribution in [0.4, 0.5) is 0 Å². The third-order valence-electron chi connectivity index (χ3n) is 4.32. The van der Waals surface area contributed by atoms with Gasteiger partial charge in [-0.2, -0.15) is 0 Å². The molecule has 1 fully saturated rings. The number of hydrogen-bond acceptors (Lipinski definition) is 4. The zero-order valence-corrected chi connectivity index (χ0v) is 15.1. The van der Waals surface area contributed by atoms with Gasteiger partial charge in [-0.1, -0.05) is 29.8 Å². The van der Waals surface area contributed by atoms with E-state index in [2.05, 4.69) is 6.58 Å². The Bertz CT molecular complexity index is 732. The van der Waals surface area contributed by atoms with Crippen molar-refractivity contribution in [2.45, 2.75) is 26.1 Å². The van der Waals surface area contributed by atoms with Gasteiger partial charge in [-0.3, -0.25) is 14.5 Å². The van der Waals surface area contributed by atoms with Crippen molar-refractivity contribution in [1.82, 2.24) is 9.80 Å². The highest BCUT2D eigenvalue weighted by atomic mass is 35.5. The summed E-state index contributed by atoms with van der Waals surface area (Å²) >= 11 is 5.97. The van der Waals surface area contributed by atoms with Crippen LogP contribution < -0.4 is 0 Å². The molecule has 1 saturated heterocycles. The number of benzene rings is 1. The first-order valence-electron chi connectivity index (χ1n) is 8.30. The number of hydrogen-bond donors (Lipinski definition) is 0. The van der Waals surface area contributed by atoms with E-state index in [0.717, 1.165) is 0 Å². The maximum atomic E-state index is 13.0. The van der Waals surface area contributed by atoms with Gasteiger partial charge in [0, 0.05) is 24.7 Å². The van der Waals surface area contributed by atoms with E-state index in [1.54, 1.807) is 30.3 Å². The molecular weight excluding hydrogens is 340 g/mol. The summed E-state index contributed by atoms with van der Waals surface area (Å²) in [6.45, 7) is 8.90. The second-order valence-corrected chi connectivity index (χ2v) is 6.84. The first-order chi connectivity index (χ1) is 11.9. The third-order valence-corrected chi connectivity index (χ3v) is 4.58. The highest BCUT2D eigenvalue weighted by molar-refractivity contribution is 6.36. The lowest BCUT2D eigenvalue weighted by Crippen LogP contribution is -2.47. The highest BCUT2D eigenvalue weighted by Gasteiger charge is 2.42. The van der Waals surface area contributed by atoms with E-state index in [0.29, 0.717) is 34.9 Å². The van der Waals surface area contributed by atoms with Gasteiger partial charge in [-0.05, 0) is 31.5 Å². The monoisotopic (exact) mass is 360 g/mol. The fraction of sp³-hybridized carbons (Fsp3) is 0.368. The number of nitrogens with zero attached hydrogens (tertiary/aromatic N) is 2. The summed E-state index contributed by atoms with van der Waals surface area (Å²) in [5.41, 5.74) is 1.55. The Morgan fingerprint density at radius 1 is 1.16 bits per heavy atom. The molecule has 2 unspecified atom stereocenters. The Balaban J connectivity index is 2.09. The van der Waals surface area contributed by atoms with Gasteiger partial charge in [-0.15, -0.1) is 6.58 Å². The van der Waals surface area contributed by atoms with Crippen LogP contribution in [0.25, 0.3) is 5.57 Å². The van der Waals surface area contributed by atoms with E-state index in [9.17, 15) is 9.59 Å². The predicted molar refractivity (Wildman–Crippen MR) is 96.9 cm³/mol. The zero-order valence-electron chi connectivity index (χ0n) is 14.4. The summed E-state index contributed by atoms with van der Waals surface area (Å²) in [7, 11) is 0. The molecule has 0 saturated carbocycles. The summed E-state index contributed by atoms with van der Waals surface area (Å²) in [4.78, 5) is 29.1. The Morgan fingerprint density at radius 3 is 2.32 bits per heavy atom. The van der Waals surface area contributed by atoms with E-state index in [1.807, 2.05) is 18.7 Å². The molecule has 0 aromatic heterocycles. The quantitative estimate of drug-likeness (QED) is 0.612.